The van der Waals surface area contributed by atoms with Gasteiger partial charge in [-0.15, -0.1) is 0 Å². The zero-order valence-corrected chi connectivity index (χ0v) is 11.5. The SMILES string of the molecule is C1=CC2=CC=CC3=C4C=CC=Cc5cccc(c54)C(=C1)[C]23. The van der Waals surface area contributed by atoms with Gasteiger partial charge in [0, 0.05) is 0 Å². The fourth-order valence-corrected chi connectivity index (χ4v) is 3.64. The highest BCUT2D eigenvalue weighted by molar-refractivity contribution is 6.05. The molecule has 0 spiro atoms. The molecular formula is C21H13. The molecule has 1 radical (unpaired) electrons. The van der Waals surface area contributed by atoms with Gasteiger partial charge < -0.3 is 0 Å². The van der Waals surface area contributed by atoms with Crippen LogP contribution in [0.2, 0.25) is 0 Å². The normalized spacial score (nSPS) is 20.8. The van der Waals surface area contributed by atoms with Crippen LogP contribution in [-0.2, 0) is 0 Å². The smallest absolute Gasteiger partial charge is 0.0616 e. The molecular weight excluding hydrogens is 252 g/mol. The third-order valence-corrected chi connectivity index (χ3v) is 4.50. The standard InChI is InChI=1S/C21H13/c1-2-10-16-17-11-4-8-15-9-5-13-19(21(15)17)18-12-3-7-14(6-1)20(16)18/h1-13H. The minimum absolute atomic E-state index is 1.30. The molecule has 0 nitrogen and oxygen atoms in total. The molecule has 0 heteroatoms. The van der Waals surface area contributed by atoms with Crippen molar-refractivity contribution in [3.8, 4) is 0 Å². The van der Waals surface area contributed by atoms with Crippen molar-refractivity contribution in [3.05, 3.63) is 107 Å². The van der Waals surface area contributed by atoms with E-state index in [0.29, 0.717) is 0 Å². The average molecular weight is 265 g/mol. The minimum Gasteiger partial charge on any atom is -0.0616 e. The molecule has 1 aromatic carbocycles. The molecule has 0 saturated carbocycles. The van der Waals surface area contributed by atoms with E-state index in [1.165, 1.54) is 44.9 Å². The first-order valence-corrected chi connectivity index (χ1v) is 7.31. The summed E-state index contributed by atoms with van der Waals surface area (Å²) in [6.45, 7) is 0. The van der Waals surface area contributed by atoms with Gasteiger partial charge in [-0.05, 0) is 39.0 Å². The highest BCUT2D eigenvalue weighted by Crippen LogP contribution is 2.51. The fourth-order valence-electron chi connectivity index (χ4n) is 3.64. The molecule has 97 valence electrons. The van der Waals surface area contributed by atoms with Gasteiger partial charge in [-0.25, -0.2) is 0 Å². The molecule has 1 aromatic rings. The molecule has 0 saturated heterocycles. The number of hydrogen-bond donors (Lipinski definition) is 0. The monoisotopic (exact) mass is 265 g/mol. The molecule has 0 fully saturated rings. The van der Waals surface area contributed by atoms with Gasteiger partial charge in [0.25, 0.3) is 0 Å². The first kappa shape index (κ1) is 11.1. The Bertz CT molecular complexity index is 877. The number of allylic oxidation sites excluding steroid dienone is 13. The third-order valence-electron chi connectivity index (χ3n) is 4.50. The summed E-state index contributed by atoms with van der Waals surface area (Å²) in [6.07, 6.45) is 22.0. The lowest BCUT2D eigenvalue weighted by Gasteiger charge is -2.34. The predicted molar refractivity (Wildman–Crippen MR) is 89.1 cm³/mol. The Hall–Kier alpha value is -2.60. The van der Waals surface area contributed by atoms with Crippen LogP contribution in [0.3, 0.4) is 0 Å². The highest BCUT2D eigenvalue weighted by atomic mass is 14.4. The topological polar surface area (TPSA) is 0 Å². The van der Waals surface area contributed by atoms with Crippen molar-refractivity contribution in [2.75, 3.05) is 0 Å². The lowest BCUT2D eigenvalue weighted by molar-refractivity contribution is 1.24. The van der Waals surface area contributed by atoms with E-state index >= 15 is 0 Å². The summed E-state index contributed by atoms with van der Waals surface area (Å²) in [7, 11) is 0. The van der Waals surface area contributed by atoms with E-state index in [0.717, 1.165) is 0 Å². The summed E-state index contributed by atoms with van der Waals surface area (Å²) in [6, 6.07) is 6.61. The lowest BCUT2D eigenvalue weighted by Crippen LogP contribution is -2.17. The Kier molecular flexibility index (Phi) is 2.09. The lowest BCUT2D eigenvalue weighted by atomic mass is 9.68. The van der Waals surface area contributed by atoms with Crippen molar-refractivity contribution in [1.29, 1.82) is 0 Å². The van der Waals surface area contributed by atoms with Crippen molar-refractivity contribution >= 4 is 17.2 Å². The first-order valence-electron chi connectivity index (χ1n) is 7.31. The van der Waals surface area contributed by atoms with Crippen LogP contribution in [0, 0.1) is 5.92 Å². The Morgan fingerprint density at radius 1 is 0.667 bits per heavy atom. The highest BCUT2D eigenvalue weighted by Gasteiger charge is 2.34. The summed E-state index contributed by atoms with van der Waals surface area (Å²) in [5.41, 5.74) is 9.39. The summed E-state index contributed by atoms with van der Waals surface area (Å²) in [4.78, 5) is 0. The zero-order valence-electron chi connectivity index (χ0n) is 11.5. The summed E-state index contributed by atoms with van der Waals surface area (Å²) in [5, 5.41) is 0. The van der Waals surface area contributed by atoms with Gasteiger partial charge >= 0.3 is 0 Å². The van der Waals surface area contributed by atoms with Crippen LogP contribution in [0.1, 0.15) is 16.7 Å². The van der Waals surface area contributed by atoms with Gasteiger partial charge in [0.05, 0.1) is 5.92 Å². The van der Waals surface area contributed by atoms with Crippen molar-refractivity contribution < 1.29 is 0 Å². The second kappa shape index (κ2) is 3.95. The van der Waals surface area contributed by atoms with Crippen LogP contribution in [0.5, 0.6) is 0 Å². The third kappa shape index (κ3) is 1.39. The molecule has 0 aromatic heterocycles. The van der Waals surface area contributed by atoms with Crippen LogP contribution in [-0.4, -0.2) is 0 Å². The van der Waals surface area contributed by atoms with Crippen LogP contribution < -0.4 is 0 Å². The summed E-state index contributed by atoms with van der Waals surface area (Å²) >= 11 is 0. The van der Waals surface area contributed by atoms with E-state index in [1.807, 2.05) is 0 Å². The van der Waals surface area contributed by atoms with E-state index in [-0.39, 0.29) is 0 Å². The Balaban J connectivity index is 1.96. The van der Waals surface area contributed by atoms with Crippen molar-refractivity contribution in [2.45, 2.75) is 0 Å². The predicted octanol–water partition coefficient (Wildman–Crippen LogP) is 5.06. The minimum atomic E-state index is 1.30. The van der Waals surface area contributed by atoms with Gasteiger partial charge in [-0.3, -0.25) is 0 Å². The average Bonchev–Trinajstić information content (AvgIpc) is 2.76. The van der Waals surface area contributed by atoms with Gasteiger partial charge in [-0.1, -0.05) is 79.0 Å². The zero-order chi connectivity index (χ0) is 13.8. The quantitative estimate of drug-likeness (QED) is 0.615. The van der Waals surface area contributed by atoms with Crippen molar-refractivity contribution in [1.82, 2.24) is 0 Å². The van der Waals surface area contributed by atoms with Crippen LogP contribution in [0.25, 0.3) is 17.2 Å². The summed E-state index contributed by atoms with van der Waals surface area (Å²) in [5.74, 6) is 1.38. The second-order valence-electron chi connectivity index (χ2n) is 5.61. The van der Waals surface area contributed by atoms with Gasteiger partial charge in [0.2, 0.25) is 0 Å². The van der Waals surface area contributed by atoms with E-state index in [9.17, 15) is 0 Å². The number of rotatable bonds is 0. The van der Waals surface area contributed by atoms with E-state index in [2.05, 4.69) is 79.0 Å². The van der Waals surface area contributed by atoms with Crippen LogP contribution in [0.15, 0.2) is 84.0 Å². The van der Waals surface area contributed by atoms with E-state index in [4.69, 9.17) is 0 Å². The van der Waals surface area contributed by atoms with Crippen molar-refractivity contribution in [3.63, 3.8) is 0 Å². The van der Waals surface area contributed by atoms with Crippen LogP contribution in [0.4, 0.5) is 0 Å². The molecule has 0 N–H and O–H groups in total. The Morgan fingerprint density at radius 3 is 2.52 bits per heavy atom. The molecule has 0 amide bonds. The maximum Gasteiger partial charge on any atom is 0.0641 e. The maximum atomic E-state index is 2.25. The molecule has 0 heterocycles. The maximum absolute atomic E-state index is 2.25. The molecule has 0 atom stereocenters. The fraction of sp³-hybridized carbons (Fsp3) is 0. The second-order valence-corrected chi connectivity index (χ2v) is 5.61. The molecule has 0 unspecified atom stereocenters. The molecule has 0 aliphatic heterocycles. The molecule has 0 bridgehead atoms. The van der Waals surface area contributed by atoms with E-state index < -0.39 is 0 Å². The van der Waals surface area contributed by atoms with E-state index in [1.54, 1.807) is 0 Å². The number of fused-ring (bicyclic) bond motifs is 1. The van der Waals surface area contributed by atoms with Gasteiger partial charge in [0.15, 0.2) is 0 Å². The number of hydrogen-bond acceptors (Lipinski definition) is 0. The van der Waals surface area contributed by atoms with Crippen molar-refractivity contribution in [2.24, 2.45) is 0 Å². The largest absolute Gasteiger partial charge is 0.0641 e. The van der Waals surface area contributed by atoms with Gasteiger partial charge in [-0.2, -0.15) is 0 Å². The Morgan fingerprint density at radius 2 is 1.52 bits per heavy atom. The van der Waals surface area contributed by atoms with Gasteiger partial charge in [0.1, 0.15) is 0 Å². The summed E-state index contributed by atoms with van der Waals surface area (Å²) < 4.78 is 0. The first-order chi connectivity index (χ1) is 10.4. The van der Waals surface area contributed by atoms with Crippen LogP contribution >= 0.6 is 0 Å². The molecule has 4 aliphatic carbocycles. The molecule has 5 rings (SSSR count). The molecule has 21 heavy (non-hydrogen) atoms. The Labute approximate surface area is 124 Å². The number of benzene rings is 1. The molecule has 4 aliphatic rings.